The highest BCUT2D eigenvalue weighted by atomic mass is 127. The predicted octanol–water partition coefficient (Wildman–Crippen LogP) is 8.35. The van der Waals surface area contributed by atoms with Crippen LogP contribution in [-0.4, -0.2) is 40.7 Å². The van der Waals surface area contributed by atoms with E-state index in [1.807, 2.05) is 52.8 Å². The summed E-state index contributed by atoms with van der Waals surface area (Å²) in [6, 6.07) is 9.02. The minimum Gasteiger partial charge on any atom is -0.490 e. The van der Waals surface area contributed by atoms with Gasteiger partial charge >= 0.3 is 5.97 Å². The summed E-state index contributed by atoms with van der Waals surface area (Å²) in [5.41, 5.74) is 3.23. The molecule has 0 saturated heterocycles. The van der Waals surface area contributed by atoms with E-state index in [9.17, 15) is 19.5 Å². The Morgan fingerprint density at radius 1 is 0.955 bits per heavy atom. The van der Waals surface area contributed by atoms with Crippen LogP contribution >= 0.6 is 45.8 Å². The summed E-state index contributed by atoms with van der Waals surface area (Å²) >= 11 is 14.6. The van der Waals surface area contributed by atoms with Gasteiger partial charge in [0.05, 0.1) is 10.2 Å². The van der Waals surface area contributed by atoms with E-state index in [0.717, 1.165) is 14.7 Å². The number of aliphatic carboxylic acids is 1. The highest BCUT2D eigenvalue weighted by Crippen LogP contribution is 2.55. The molecule has 7 nitrogen and oxygen atoms in total. The van der Waals surface area contributed by atoms with E-state index < -0.39 is 11.9 Å². The number of ether oxygens (including phenoxy) is 2. The molecule has 0 radical (unpaired) electrons. The zero-order valence-electron chi connectivity index (χ0n) is 25.5. The monoisotopic (exact) mass is 751 g/mol. The number of carboxylic acid groups (broad SMARTS) is 1. The second-order valence-electron chi connectivity index (χ2n) is 13.3. The second-order valence-corrected chi connectivity index (χ2v) is 15.3. The van der Waals surface area contributed by atoms with Crippen molar-refractivity contribution in [1.82, 2.24) is 4.90 Å². The maximum Gasteiger partial charge on any atom is 0.323 e. The van der Waals surface area contributed by atoms with Gasteiger partial charge in [-0.15, -0.1) is 0 Å². The summed E-state index contributed by atoms with van der Waals surface area (Å²) in [6.07, 6.45) is 1.68. The average Bonchev–Trinajstić information content (AvgIpc) is 2.88. The summed E-state index contributed by atoms with van der Waals surface area (Å²) in [4.78, 5) is 41.9. The molecule has 1 heterocycles. The zero-order valence-corrected chi connectivity index (χ0v) is 29.2. The van der Waals surface area contributed by atoms with Gasteiger partial charge in [-0.2, -0.15) is 0 Å². The third kappa shape index (κ3) is 6.53. The first kappa shape index (κ1) is 32.8. The van der Waals surface area contributed by atoms with Gasteiger partial charge in [-0.25, -0.2) is 0 Å². The molecule has 0 bridgehead atoms. The number of carbonyl (C=O) groups is 3. The van der Waals surface area contributed by atoms with Crippen LogP contribution in [0.5, 0.6) is 11.5 Å². The number of nitrogens with zero attached hydrogens (tertiary/aromatic N) is 1. The maximum absolute atomic E-state index is 14.0. The van der Waals surface area contributed by atoms with Gasteiger partial charge in [-0.05, 0) is 83.0 Å². The standard InChI is InChI=1S/C34H36Cl2INO6/c1-6-43-27-10-19(9-22(37)32(27)44-17-18-7-8-20(35)11-21(18)36)29-30-23(12-33(2,3)14-25(30)39)38(16-28(41)42)24-13-34(4,5)15-26(40)31(24)29/h7-11,29H,6,12-17H2,1-5H3,(H,41,42). The molecule has 2 aromatic rings. The molecule has 3 aliphatic rings. The summed E-state index contributed by atoms with van der Waals surface area (Å²) in [5.74, 6) is -0.753. The summed E-state index contributed by atoms with van der Waals surface area (Å²) in [5, 5.41) is 11.0. The van der Waals surface area contributed by atoms with Gasteiger partial charge in [-0.1, -0.05) is 57.0 Å². The largest absolute Gasteiger partial charge is 0.490 e. The Hall–Kier alpha value is -2.56. The molecular weight excluding hydrogens is 716 g/mol. The summed E-state index contributed by atoms with van der Waals surface area (Å²) in [7, 11) is 0. The number of rotatable bonds is 8. The molecule has 2 aliphatic carbocycles. The fourth-order valence-corrected chi connectivity index (χ4v) is 7.90. The number of ketones is 2. The lowest BCUT2D eigenvalue weighted by Crippen LogP contribution is -2.45. The Kier molecular flexibility index (Phi) is 9.19. The van der Waals surface area contributed by atoms with Crippen LogP contribution in [0.1, 0.15) is 77.3 Å². The Morgan fingerprint density at radius 2 is 1.55 bits per heavy atom. The van der Waals surface area contributed by atoms with Gasteiger partial charge < -0.3 is 19.5 Å². The Labute approximate surface area is 281 Å². The Balaban J connectivity index is 1.68. The fraction of sp³-hybridized carbons (Fsp3) is 0.441. The third-order valence-corrected chi connectivity index (χ3v) is 9.76. The first-order valence-electron chi connectivity index (χ1n) is 14.7. The van der Waals surface area contributed by atoms with Crippen LogP contribution in [-0.2, 0) is 21.0 Å². The van der Waals surface area contributed by atoms with Gasteiger partial charge in [-0.3, -0.25) is 14.4 Å². The van der Waals surface area contributed by atoms with Crippen molar-refractivity contribution in [2.75, 3.05) is 13.2 Å². The number of hydrogen-bond acceptors (Lipinski definition) is 6. The van der Waals surface area contributed by atoms with Crippen LogP contribution in [0.15, 0.2) is 52.9 Å². The molecule has 44 heavy (non-hydrogen) atoms. The zero-order chi connectivity index (χ0) is 32.1. The van der Waals surface area contributed by atoms with E-state index in [1.54, 1.807) is 17.0 Å². The first-order chi connectivity index (χ1) is 20.6. The highest BCUT2D eigenvalue weighted by Gasteiger charge is 2.49. The molecular formula is C34H36Cl2INO6. The van der Waals surface area contributed by atoms with Crippen LogP contribution in [0.25, 0.3) is 0 Å². The van der Waals surface area contributed by atoms with Crippen molar-refractivity contribution in [3.05, 3.63) is 77.6 Å². The van der Waals surface area contributed by atoms with Gasteiger partial charge in [0.15, 0.2) is 23.1 Å². The predicted molar refractivity (Wildman–Crippen MR) is 178 cm³/mol. The summed E-state index contributed by atoms with van der Waals surface area (Å²) < 4.78 is 13.1. The van der Waals surface area contributed by atoms with E-state index >= 15 is 0 Å². The van der Waals surface area contributed by atoms with E-state index in [1.165, 1.54) is 0 Å². The third-order valence-electron chi connectivity index (χ3n) is 8.37. The summed E-state index contributed by atoms with van der Waals surface area (Å²) in [6.45, 7) is 10.2. The van der Waals surface area contributed by atoms with Crippen molar-refractivity contribution in [3.63, 3.8) is 0 Å². The first-order valence-corrected chi connectivity index (χ1v) is 16.5. The van der Waals surface area contributed by atoms with Crippen molar-refractivity contribution in [2.45, 2.75) is 72.8 Å². The van der Waals surface area contributed by atoms with Crippen molar-refractivity contribution in [1.29, 1.82) is 0 Å². The molecule has 0 amide bonds. The van der Waals surface area contributed by atoms with Gasteiger partial charge in [0.2, 0.25) is 0 Å². The average molecular weight is 752 g/mol. The molecule has 0 spiro atoms. The van der Waals surface area contributed by atoms with Crippen LogP contribution in [0, 0.1) is 14.4 Å². The number of allylic oxidation sites excluding steroid dienone is 4. The number of hydrogen-bond donors (Lipinski definition) is 1. The second kappa shape index (κ2) is 12.3. The van der Waals surface area contributed by atoms with Crippen molar-refractivity contribution in [2.24, 2.45) is 10.8 Å². The molecule has 0 atom stereocenters. The highest BCUT2D eigenvalue weighted by molar-refractivity contribution is 14.1. The molecule has 2 aromatic carbocycles. The number of carbonyl (C=O) groups excluding carboxylic acids is 2. The SMILES string of the molecule is CCOc1cc(C2C3=C(CC(C)(C)CC3=O)N(CC(=O)O)C3=C2C(=O)CC(C)(C)C3)cc(I)c1OCc1ccc(Cl)cc1Cl. The Morgan fingerprint density at radius 3 is 2.07 bits per heavy atom. The smallest absolute Gasteiger partial charge is 0.323 e. The van der Waals surface area contributed by atoms with Gasteiger partial charge in [0.25, 0.3) is 0 Å². The number of benzene rings is 2. The van der Waals surface area contributed by atoms with Crippen molar-refractivity contribution < 1.29 is 29.0 Å². The lowest BCUT2D eigenvalue weighted by Gasteiger charge is -2.48. The van der Waals surface area contributed by atoms with E-state index in [4.69, 9.17) is 32.7 Å². The maximum atomic E-state index is 14.0. The molecule has 1 aliphatic heterocycles. The van der Waals surface area contributed by atoms with Gasteiger partial charge in [0.1, 0.15) is 13.2 Å². The normalized spacial score (nSPS) is 19.6. The number of carboxylic acids is 1. The fourth-order valence-electron chi connectivity index (χ4n) is 6.65. The quantitative estimate of drug-likeness (QED) is 0.271. The lowest BCUT2D eigenvalue weighted by atomic mass is 9.63. The molecule has 10 heteroatoms. The van der Waals surface area contributed by atoms with Crippen molar-refractivity contribution in [3.8, 4) is 11.5 Å². The lowest BCUT2D eigenvalue weighted by molar-refractivity contribution is -0.138. The van der Waals surface area contributed by atoms with E-state index in [-0.39, 0.29) is 35.5 Å². The molecule has 0 saturated carbocycles. The molecule has 0 unspecified atom stereocenters. The molecule has 234 valence electrons. The van der Waals surface area contributed by atoms with E-state index in [2.05, 4.69) is 22.6 Å². The molecule has 1 N–H and O–H groups in total. The Bertz CT molecular complexity index is 1570. The number of halogens is 3. The van der Waals surface area contributed by atoms with Crippen LogP contribution in [0.3, 0.4) is 0 Å². The molecule has 0 aromatic heterocycles. The topological polar surface area (TPSA) is 93.1 Å². The van der Waals surface area contributed by atoms with Gasteiger partial charge in [0, 0.05) is 56.9 Å². The van der Waals surface area contributed by atoms with Crippen molar-refractivity contribution >= 4 is 63.3 Å². The molecule has 5 rings (SSSR count). The van der Waals surface area contributed by atoms with E-state index in [0.29, 0.717) is 76.4 Å². The minimum absolute atomic E-state index is 0.0634. The van der Waals surface area contributed by atoms with Crippen LogP contribution in [0.4, 0.5) is 0 Å². The van der Waals surface area contributed by atoms with Crippen LogP contribution in [0.2, 0.25) is 10.0 Å². The number of Topliss-reactive ketones (excluding diaryl/α,β-unsaturated/α-hetero) is 2. The van der Waals surface area contributed by atoms with Crippen LogP contribution < -0.4 is 9.47 Å². The molecule has 0 fully saturated rings. The minimum atomic E-state index is -1.01.